The highest BCUT2D eigenvalue weighted by molar-refractivity contribution is 7.17. The minimum atomic E-state index is -0.250. The lowest BCUT2D eigenvalue weighted by Crippen LogP contribution is -2.34. The molecule has 0 aliphatic rings. The highest BCUT2D eigenvalue weighted by atomic mass is 32.1. The fourth-order valence-corrected chi connectivity index (χ4v) is 3.07. The number of aromatic amines is 1. The van der Waals surface area contributed by atoms with E-state index in [0.29, 0.717) is 4.88 Å². The second-order valence-electron chi connectivity index (χ2n) is 4.82. The fourth-order valence-electron chi connectivity index (χ4n) is 2.12. The van der Waals surface area contributed by atoms with Crippen LogP contribution in [0.25, 0.3) is 21.5 Å². The van der Waals surface area contributed by atoms with Crippen molar-refractivity contribution in [2.45, 2.75) is 13.0 Å². The van der Waals surface area contributed by atoms with Crippen LogP contribution < -0.4 is 5.32 Å². The van der Waals surface area contributed by atoms with Crippen molar-refractivity contribution in [3.8, 4) is 10.4 Å². The molecule has 1 atom stereocenters. The first-order valence-corrected chi connectivity index (χ1v) is 7.44. The Morgan fingerprint density at radius 2 is 2.29 bits per heavy atom. The summed E-state index contributed by atoms with van der Waals surface area (Å²) in [6.45, 7) is 1.69. The predicted molar refractivity (Wildman–Crippen MR) is 83.4 cm³/mol. The predicted octanol–water partition coefficient (Wildman–Crippen LogP) is 2.40. The van der Waals surface area contributed by atoms with Crippen molar-refractivity contribution in [3.05, 3.63) is 41.5 Å². The van der Waals surface area contributed by atoms with E-state index in [1.807, 2.05) is 24.4 Å². The van der Waals surface area contributed by atoms with E-state index in [1.165, 1.54) is 11.3 Å². The average Bonchev–Trinajstić information content (AvgIpc) is 3.15. The zero-order chi connectivity index (χ0) is 14.8. The summed E-state index contributed by atoms with van der Waals surface area (Å²) in [4.78, 5) is 21.0. The van der Waals surface area contributed by atoms with Crippen molar-refractivity contribution in [2.75, 3.05) is 6.61 Å². The third-order valence-electron chi connectivity index (χ3n) is 3.21. The van der Waals surface area contributed by atoms with Gasteiger partial charge in [-0.2, -0.15) is 0 Å². The summed E-state index contributed by atoms with van der Waals surface area (Å²) < 4.78 is 0. The molecule has 3 heterocycles. The zero-order valence-corrected chi connectivity index (χ0v) is 12.3. The Morgan fingerprint density at radius 3 is 3.10 bits per heavy atom. The van der Waals surface area contributed by atoms with Crippen LogP contribution in [0.5, 0.6) is 0 Å². The van der Waals surface area contributed by atoms with Gasteiger partial charge in [0.2, 0.25) is 0 Å². The summed E-state index contributed by atoms with van der Waals surface area (Å²) in [6, 6.07) is 7.41. The number of amides is 1. The Balaban J connectivity index is 1.91. The van der Waals surface area contributed by atoms with E-state index in [9.17, 15) is 4.79 Å². The number of nitrogens with one attached hydrogen (secondary N) is 2. The molecule has 3 N–H and O–H groups in total. The van der Waals surface area contributed by atoms with Gasteiger partial charge in [0.05, 0.1) is 11.5 Å². The lowest BCUT2D eigenvalue weighted by Gasteiger charge is -2.08. The highest BCUT2D eigenvalue weighted by Crippen LogP contribution is 2.32. The number of carbonyl (C=O) groups is 1. The largest absolute Gasteiger partial charge is 0.394 e. The fraction of sp³-hybridized carbons (Fsp3) is 0.200. The van der Waals surface area contributed by atoms with Gasteiger partial charge in [-0.15, -0.1) is 11.3 Å². The summed E-state index contributed by atoms with van der Waals surface area (Å²) >= 11 is 1.43. The van der Waals surface area contributed by atoms with Gasteiger partial charge in [-0.1, -0.05) is 0 Å². The maximum atomic E-state index is 12.0. The van der Waals surface area contributed by atoms with E-state index in [-0.39, 0.29) is 18.6 Å². The third kappa shape index (κ3) is 2.68. The number of carbonyl (C=O) groups excluding carboxylic acids is 1. The van der Waals surface area contributed by atoms with Crippen molar-refractivity contribution < 1.29 is 9.90 Å². The summed E-state index contributed by atoms with van der Waals surface area (Å²) in [5.74, 6) is -0.160. The molecule has 108 valence electrons. The van der Waals surface area contributed by atoms with Crippen LogP contribution in [-0.2, 0) is 0 Å². The second kappa shape index (κ2) is 5.67. The van der Waals surface area contributed by atoms with Crippen LogP contribution in [0, 0.1) is 0 Å². The zero-order valence-electron chi connectivity index (χ0n) is 11.5. The monoisotopic (exact) mass is 301 g/mol. The van der Waals surface area contributed by atoms with E-state index in [0.717, 1.165) is 21.5 Å². The molecule has 0 saturated heterocycles. The SMILES string of the molecule is C[C@@H](CO)NC(=O)c1ccc(-c2ccnc3[nH]ccc23)s1. The van der Waals surface area contributed by atoms with Gasteiger partial charge in [0.1, 0.15) is 5.65 Å². The van der Waals surface area contributed by atoms with Crippen LogP contribution in [0.4, 0.5) is 0 Å². The second-order valence-corrected chi connectivity index (χ2v) is 5.90. The summed E-state index contributed by atoms with van der Waals surface area (Å²) in [5.41, 5.74) is 1.89. The molecule has 0 unspecified atom stereocenters. The van der Waals surface area contributed by atoms with Crippen LogP contribution >= 0.6 is 11.3 Å². The van der Waals surface area contributed by atoms with Crippen molar-refractivity contribution >= 4 is 28.3 Å². The quantitative estimate of drug-likeness (QED) is 0.692. The lowest BCUT2D eigenvalue weighted by atomic mass is 10.1. The first-order chi connectivity index (χ1) is 10.2. The molecule has 0 saturated carbocycles. The Labute approximate surface area is 125 Å². The third-order valence-corrected chi connectivity index (χ3v) is 4.32. The molecule has 0 bridgehead atoms. The Morgan fingerprint density at radius 1 is 1.43 bits per heavy atom. The number of thiophene rings is 1. The number of pyridine rings is 1. The van der Waals surface area contributed by atoms with Crippen molar-refractivity contribution in [3.63, 3.8) is 0 Å². The molecular weight excluding hydrogens is 286 g/mol. The minimum absolute atomic E-state index is 0.0711. The van der Waals surface area contributed by atoms with Crippen LogP contribution in [-0.4, -0.2) is 33.6 Å². The van der Waals surface area contributed by atoms with E-state index in [2.05, 4.69) is 15.3 Å². The highest BCUT2D eigenvalue weighted by Gasteiger charge is 2.14. The van der Waals surface area contributed by atoms with Gasteiger partial charge in [0.15, 0.2) is 0 Å². The first-order valence-electron chi connectivity index (χ1n) is 6.63. The summed E-state index contributed by atoms with van der Waals surface area (Å²) in [5, 5.41) is 12.8. The van der Waals surface area contributed by atoms with Crippen LogP contribution in [0.15, 0.2) is 36.7 Å². The van der Waals surface area contributed by atoms with Gasteiger partial charge < -0.3 is 15.4 Å². The normalized spacial score (nSPS) is 12.5. The molecule has 0 aromatic carbocycles. The van der Waals surface area contributed by atoms with Crippen molar-refractivity contribution in [2.24, 2.45) is 0 Å². The molecule has 0 spiro atoms. The van der Waals surface area contributed by atoms with Crippen molar-refractivity contribution in [1.29, 1.82) is 0 Å². The van der Waals surface area contributed by atoms with Crippen molar-refractivity contribution in [1.82, 2.24) is 15.3 Å². The number of nitrogens with zero attached hydrogens (tertiary/aromatic N) is 1. The molecule has 3 aromatic heterocycles. The molecule has 6 heteroatoms. The van der Waals surface area contributed by atoms with Crippen LogP contribution in [0.3, 0.4) is 0 Å². The van der Waals surface area contributed by atoms with Gasteiger partial charge in [0, 0.05) is 34.3 Å². The Hall–Kier alpha value is -2.18. The number of rotatable bonds is 4. The molecule has 0 fully saturated rings. The van der Waals surface area contributed by atoms with E-state index in [1.54, 1.807) is 19.2 Å². The Kier molecular flexibility index (Phi) is 3.72. The number of fused-ring (bicyclic) bond motifs is 1. The summed E-state index contributed by atoms with van der Waals surface area (Å²) in [6.07, 6.45) is 3.60. The molecule has 3 aromatic rings. The van der Waals surface area contributed by atoms with Gasteiger partial charge in [-0.3, -0.25) is 4.79 Å². The van der Waals surface area contributed by atoms with Crippen LogP contribution in [0.1, 0.15) is 16.6 Å². The van der Waals surface area contributed by atoms with Crippen LogP contribution in [0.2, 0.25) is 0 Å². The molecule has 0 aliphatic heterocycles. The van der Waals surface area contributed by atoms with E-state index in [4.69, 9.17) is 5.11 Å². The molecule has 0 aliphatic carbocycles. The average molecular weight is 301 g/mol. The maximum absolute atomic E-state index is 12.0. The van der Waals surface area contributed by atoms with E-state index >= 15 is 0 Å². The molecule has 21 heavy (non-hydrogen) atoms. The van der Waals surface area contributed by atoms with Gasteiger partial charge >= 0.3 is 0 Å². The number of aromatic nitrogens is 2. The number of H-pyrrole nitrogens is 1. The molecule has 1 amide bonds. The minimum Gasteiger partial charge on any atom is -0.394 e. The van der Waals surface area contributed by atoms with E-state index < -0.39 is 0 Å². The standard InChI is InChI=1S/C15H15N3O2S/c1-9(8-19)18-15(20)13-3-2-12(21-13)10-4-6-16-14-11(10)5-7-17-14/h2-7,9,19H,8H2,1H3,(H,16,17)(H,18,20)/t9-/m0/s1. The Bertz CT molecular complexity index is 778. The summed E-state index contributed by atoms with van der Waals surface area (Å²) in [7, 11) is 0. The number of hydrogen-bond acceptors (Lipinski definition) is 4. The number of hydrogen-bond donors (Lipinski definition) is 3. The lowest BCUT2D eigenvalue weighted by molar-refractivity contribution is 0.0926. The number of aliphatic hydroxyl groups is 1. The maximum Gasteiger partial charge on any atom is 0.261 e. The van der Waals surface area contributed by atoms with Gasteiger partial charge in [0.25, 0.3) is 5.91 Å². The smallest absolute Gasteiger partial charge is 0.261 e. The molecule has 3 rings (SSSR count). The first kappa shape index (κ1) is 13.8. The number of aliphatic hydroxyl groups excluding tert-OH is 1. The van der Waals surface area contributed by atoms with Gasteiger partial charge in [-0.05, 0) is 31.2 Å². The molecule has 5 nitrogen and oxygen atoms in total. The topological polar surface area (TPSA) is 78.0 Å². The molecule has 0 radical (unpaired) electrons. The molecular formula is C15H15N3O2S. The van der Waals surface area contributed by atoms with Gasteiger partial charge in [-0.25, -0.2) is 4.98 Å².